The normalized spacial score (nSPS) is 15.1. The minimum absolute atomic E-state index is 0.229. The number of carbonyl (C=O) groups excluding carboxylic acids is 2. The second-order valence-electron chi connectivity index (χ2n) is 6.52. The Labute approximate surface area is 168 Å². The standard InChI is InChI=1S/C21H22ClNO5/c1-26-18-5-2-14(3-6-18)8-9-23-20(24)13-28-21(25)16-10-15-11-17(22)4-7-19(15)27-12-16/h2-7,11,16H,8-10,12-13H2,1H3,(H,23,24)/t16-/m1/s1. The van der Waals surface area contributed by atoms with Crippen LogP contribution in [0, 0.1) is 5.92 Å². The first-order valence-corrected chi connectivity index (χ1v) is 9.40. The monoisotopic (exact) mass is 403 g/mol. The van der Waals surface area contributed by atoms with Crippen molar-refractivity contribution in [1.29, 1.82) is 0 Å². The van der Waals surface area contributed by atoms with Crippen LogP contribution in [0.5, 0.6) is 11.5 Å². The fraction of sp³-hybridized carbons (Fsp3) is 0.333. The van der Waals surface area contributed by atoms with E-state index in [0.717, 1.165) is 22.6 Å². The molecule has 28 heavy (non-hydrogen) atoms. The van der Waals surface area contributed by atoms with E-state index in [1.807, 2.05) is 24.3 Å². The molecule has 1 aliphatic heterocycles. The average molecular weight is 404 g/mol. The van der Waals surface area contributed by atoms with Crippen LogP contribution in [0.25, 0.3) is 0 Å². The lowest BCUT2D eigenvalue weighted by Gasteiger charge is -2.24. The van der Waals surface area contributed by atoms with Gasteiger partial charge in [-0.25, -0.2) is 0 Å². The highest BCUT2D eigenvalue weighted by molar-refractivity contribution is 6.30. The molecule has 0 aliphatic carbocycles. The van der Waals surface area contributed by atoms with Gasteiger partial charge in [0, 0.05) is 11.6 Å². The zero-order valence-electron chi connectivity index (χ0n) is 15.6. The van der Waals surface area contributed by atoms with Gasteiger partial charge in [-0.2, -0.15) is 0 Å². The van der Waals surface area contributed by atoms with E-state index in [9.17, 15) is 9.59 Å². The third-order valence-electron chi connectivity index (χ3n) is 4.50. The largest absolute Gasteiger partial charge is 0.497 e. The average Bonchev–Trinajstić information content (AvgIpc) is 2.72. The summed E-state index contributed by atoms with van der Waals surface area (Å²) in [5, 5.41) is 3.34. The van der Waals surface area contributed by atoms with E-state index in [4.69, 9.17) is 25.8 Å². The van der Waals surface area contributed by atoms with Crippen LogP contribution >= 0.6 is 11.6 Å². The van der Waals surface area contributed by atoms with Gasteiger partial charge in [-0.1, -0.05) is 23.7 Å². The SMILES string of the molecule is COc1ccc(CCNC(=O)COC(=O)[C@H]2COc3ccc(Cl)cc3C2)cc1. The first-order chi connectivity index (χ1) is 13.5. The highest BCUT2D eigenvalue weighted by Gasteiger charge is 2.27. The number of benzene rings is 2. The highest BCUT2D eigenvalue weighted by atomic mass is 35.5. The fourth-order valence-corrected chi connectivity index (χ4v) is 3.15. The lowest BCUT2D eigenvalue weighted by Crippen LogP contribution is -2.34. The predicted molar refractivity (Wildman–Crippen MR) is 105 cm³/mol. The third kappa shape index (κ3) is 5.39. The molecule has 1 N–H and O–H groups in total. The van der Waals surface area contributed by atoms with Crippen molar-refractivity contribution >= 4 is 23.5 Å². The zero-order valence-corrected chi connectivity index (χ0v) is 16.3. The summed E-state index contributed by atoms with van der Waals surface area (Å²) in [4.78, 5) is 24.1. The highest BCUT2D eigenvalue weighted by Crippen LogP contribution is 2.30. The fourth-order valence-electron chi connectivity index (χ4n) is 2.96. The number of carbonyl (C=O) groups is 2. The quantitative estimate of drug-likeness (QED) is 0.719. The smallest absolute Gasteiger partial charge is 0.313 e. The molecule has 2 aromatic rings. The molecular weight excluding hydrogens is 382 g/mol. The maximum absolute atomic E-state index is 12.2. The third-order valence-corrected chi connectivity index (χ3v) is 4.74. The molecule has 0 saturated heterocycles. The van der Waals surface area contributed by atoms with E-state index in [1.165, 1.54) is 0 Å². The van der Waals surface area contributed by atoms with Crippen molar-refractivity contribution in [3.05, 3.63) is 58.6 Å². The van der Waals surface area contributed by atoms with Crippen molar-refractivity contribution in [3.8, 4) is 11.5 Å². The van der Waals surface area contributed by atoms with E-state index in [1.54, 1.807) is 25.3 Å². The van der Waals surface area contributed by atoms with Gasteiger partial charge in [0.25, 0.3) is 5.91 Å². The summed E-state index contributed by atoms with van der Waals surface area (Å²) in [6.07, 6.45) is 1.16. The second-order valence-corrected chi connectivity index (χ2v) is 6.96. The Morgan fingerprint density at radius 1 is 1.21 bits per heavy atom. The van der Waals surface area contributed by atoms with Crippen LogP contribution in [0.3, 0.4) is 0 Å². The van der Waals surface area contributed by atoms with Crippen LogP contribution in [0.2, 0.25) is 5.02 Å². The molecule has 1 aliphatic rings. The van der Waals surface area contributed by atoms with Crippen LogP contribution in [0.15, 0.2) is 42.5 Å². The minimum atomic E-state index is -0.448. The number of halogens is 1. The van der Waals surface area contributed by atoms with E-state index >= 15 is 0 Å². The van der Waals surface area contributed by atoms with Crippen LogP contribution in [0.4, 0.5) is 0 Å². The molecule has 0 spiro atoms. The van der Waals surface area contributed by atoms with E-state index in [-0.39, 0.29) is 19.1 Å². The molecule has 6 nitrogen and oxygen atoms in total. The summed E-state index contributed by atoms with van der Waals surface area (Å²) in [7, 11) is 1.61. The van der Waals surface area contributed by atoms with Crippen molar-refractivity contribution in [3.63, 3.8) is 0 Å². The lowest BCUT2D eigenvalue weighted by atomic mass is 9.97. The minimum Gasteiger partial charge on any atom is -0.497 e. The molecule has 0 bridgehead atoms. The Bertz CT molecular complexity index is 837. The maximum atomic E-state index is 12.2. The molecule has 148 valence electrons. The summed E-state index contributed by atoms with van der Waals surface area (Å²) in [5.74, 6) is 0.289. The van der Waals surface area contributed by atoms with Gasteiger partial charge in [-0.15, -0.1) is 0 Å². The first kappa shape index (κ1) is 20.0. The van der Waals surface area contributed by atoms with E-state index in [0.29, 0.717) is 24.4 Å². The topological polar surface area (TPSA) is 73.9 Å². The summed E-state index contributed by atoms with van der Waals surface area (Å²) < 4.78 is 15.8. The summed E-state index contributed by atoms with van der Waals surface area (Å²) in [5.41, 5.74) is 1.94. The number of hydrogen-bond acceptors (Lipinski definition) is 5. The van der Waals surface area contributed by atoms with Crippen LogP contribution < -0.4 is 14.8 Å². The van der Waals surface area contributed by atoms with Gasteiger partial charge >= 0.3 is 5.97 Å². The Morgan fingerprint density at radius 3 is 2.75 bits per heavy atom. The molecule has 1 amide bonds. The molecular formula is C21H22ClNO5. The van der Waals surface area contributed by atoms with Gasteiger partial charge in [0.05, 0.1) is 13.0 Å². The van der Waals surface area contributed by atoms with Crippen LogP contribution in [-0.4, -0.2) is 38.7 Å². The summed E-state index contributed by atoms with van der Waals surface area (Å²) >= 11 is 5.98. The van der Waals surface area contributed by atoms with Crippen molar-refractivity contribution in [2.24, 2.45) is 5.92 Å². The number of fused-ring (bicyclic) bond motifs is 1. The maximum Gasteiger partial charge on any atom is 0.313 e. The zero-order chi connectivity index (χ0) is 19.9. The number of ether oxygens (including phenoxy) is 3. The van der Waals surface area contributed by atoms with Crippen molar-refractivity contribution in [2.75, 3.05) is 26.9 Å². The number of methoxy groups -OCH3 is 1. The summed E-state index contributed by atoms with van der Waals surface area (Å²) in [6, 6.07) is 12.9. The van der Waals surface area contributed by atoms with Gasteiger partial charge in [-0.3, -0.25) is 9.59 Å². The number of rotatable bonds is 7. The summed E-state index contributed by atoms with van der Waals surface area (Å²) in [6.45, 7) is 0.383. The van der Waals surface area contributed by atoms with Gasteiger partial charge in [0.1, 0.15) is 18.1 Å². The van der Waals surface area contributed by atoms with Crippen LogP contribution in [-0.2, 0) is 27.2 Å². The lowest BCUT2D eigenvalue weighted by molar-refractivity contribution is -0.153. The van der Waals surface area contributed by atoms with E-state index < -0.39 is 11.9 Å². The molecule has 0 unspecified atom stereocenters. The van der Waals surface area contributed by atoms with Crippen molar-refractivity contribution < 1.29 is 23.8 Å². The van der Waals surface area contributed by atoms with E-state index in [2.05, 4.69) is 5.32 Å². The molecule has 0 fully saturated rings. The Kier molecular flexibility index (Phi) is 6.76. The van der Waals surface area contributed by atoms with Gasteiger partial charge in [-0.05, 0) is 54.3 Å². The molecule has 1 heterocycles. The molecule has 0 radical (unpaired) electrons. The Balaban J connectivity index is 1.38. The number of hydrogen-bond donors (Lipinski definition) is 1. The molecule has 2 aromatic carbocycles. The van der Waals surface area contributed by atoms with Gasteiger partial charge in [0.15, 0.2) is 6.61 Å². The van der Waals surface area contributed by atoms with Gasteiger partial charge in [0.2, 0.25) is 0 Å². The molecule has 7 heteroatoms. The molecule has 0 saturated carbocycles. The van der Waals surface area contributed by atoms with Gasteiger partial charge < -0.3 is 19.5 Å². The first-order valence-electron chi connectivity index (χ1n) is 9.02. The van der Waals surface area contributed by atoms with Crippen molar-refractivity contribution in [1.82, 2.24) is 5.32 Å². The second kappa shape index (κ2) is 9.46. The molecule has 0 aromatic heterocycles. The van der Waals surface area contributed by atoms with Crippen molar-refractivity contribution in [2.45, 2.75) is 12.8 Å². The predicted octanol–water partition coefficient (Wildman–Crippen LogP) is 2.80. The molecule has 3 rings (SSSR count). The van der Waals surface area contributed by atoms with Crippen LogP contribution in [0.1, 0.15) is 11.1 Å². The number of esters is 1. The number of amides is 1. The Hall–Kier alpha value is -2.73. The number of nitrogens with one attached hydrogen (secondary N) is 1. The molecule has 1 atom stereocenters. The Morgan fingerprint density at radius 2 is 2.00 bits per heavy atom.